The molecule has 2 unspecified atom stereocenters. The van der Waals surface area contributed by atoms with Crippen molar-refractivity contribution in [2.45, 2.75) is 31.9 Å². The molecule has 0 heterocycles. The average Bonchev–Trinajstić information content (AvgIpc) is 2.47. The molecule has 0 spiro atoms. The topological polar surface area (TPSA) is 70.6 Å². The van der Waals surface area contributed by atoms with Gasteiger partial charge in [-0.15, -0.1) is 0 Å². The van der Waals surface area contributed by atoms with Crippen LogP contribution in [0.15, 0.2) is 24.3 Å². The summed E-state index contributed by atoms with van der Waals surface area (Å²) < 4.78 is 18.2. The predicted octanol–water partition coefficient (Wildman–Crippen LogP) is 1.97. The van der Waals surface area contributed by atoms with Crippen LogP contribution in [0.5, 0.6) is 0 Å². The Balaban J connectivity index is 2.40. The maximum absolute atomic E-state index is 12.9. The van der Waals surface area contributed by atoms with Crippen LogP contribution in [0.1, 0.15) is 31.4 Å². The Morgan fingerprint density at radius 1 is 1.38 bits per heavy atom. The summed E-state index contributed by atoms with van der Waals surface area (Å²) in [6.07, 6.45) is 1.04. The Labute approximate surface area is 124 Å². The fourth-order valence-electron chi connectivity index (χ4n) is 1.94. The molecule has 0 aliphatic heterocycles. The molecule has 0 saturated heterocycles. The Hall–Kier alpha value is -1.66. The molecule has 6 heteroatoms. The molecular weight excluding hydrogens is 275 g/mol. The van der Waals surface area contributed by atoms with Gasteiger partial charge in [0.2, 0.25) is 0 Å². The van der Waals surface area contributed by atoms with Gasteiger partial charge in [0.1, 0.15) is 5.82 Å². The highest BCUT2D eigenvalue weighted by atomic mass is 19.1. The summed E-state index contributed by atoms with van der Waals surface area (Å²) in [6.45, 7) is 2.29. The van der Waals surface area contributed by atoms with Gasteiger partial charge in [-0.3, -0.25) is 0 Å². The SMILES string of the molecule is COC(CNC(=O)NC(C)CCCO)c1ccc(F)cc1. The number of amides is 2. The third-order valence-electron chi connectivity index (χ3n) is 3.15. The lowest BCUT2D eigenvalue weighted by molar-refractivity contribution is 0.104. The predicted molar refractivity (Wildman–Crippen MR) is 78.5 cm³/mol. The fraction of sp³-hybridized carbons (Fsp3) is 0.533. The van der Waals surface area contributed by atoms with E-state index in [2.05, 4.69) is 10.6 Å². The smallest absolute Gasteiger partial charge is 0.315 e. The molecule has 2 amide bonds. The van der Waals surface area contributed by atoms with E-state index in [9.17, 15) is 9.18 Å². The van der Waals surface area contributed by atoms with E-state index >= 15 is 0 Å². The summed E-state index contributed by atoms with van der Waals surface area (Å²) in [5.41, 5.74) is 0.799. The third kappa shape index (κ3) is 6.55. The van der Waals surface area contributed by atoms with Crippen LogP contribution in [-0.2, 0) is 4.74 Å². The minimum absolute atomic E-state index is 0.0102. The highest BCUT2D eigenvalue weighted by molar-refractivity contribution is 5.74. The molecule has 21 heavy (non-hydrogen) atoms. The summed E-state index contributed by atoms with van der Waals surface area (Å²) in [5, 5.41) is 14.2. The lowest BCUT2D eigenvalue weighted by atomic mass is 10.1. The van der Waals surface area contributed by atoms with Crippen molar-refractivity contribution < 1.29 is 19.0 Å². The Morgan fingerprint density at radius 2 is 2.05 bits per heavy atom. The van der Waals surface area contributed by atoms with E-state index in [1.807, 2.05) is 6.92 Å². The molecule has 5 nitrogen and oxygen atoms in total. The Kier molecular flexibility index (Phi) is 7.71. The first-order chi connectivity index (χ1) is 10.1. The molecule has 2 atom stereocenters. The number of carbonyl (C=O) groups is 1. The first kappa shape index (κ1) is 17.4. The lowest BCUT2D eigenvalue weighted by Gasteiger charge is -2.18. The van der Waals surface area contributed by atoms with Crippen molar-refractivity contribution in [1.82, 2.24) is 10.6 Å². The third-order valence-corrected chi connectivity index (χ3v) is 3.15. The minimum atomic E-state index is -0.330. The van der Waals surface area contributed by atoms with Gasteiger partial charge < -0.3 is 20.5 Å². The first-order valence-corrected chi connectivity index (χ1v) is 7.00. The molecule has 3 N–H and O–H groups in total. The molecule has 0 radical (unpaired) electrons. The molecule has 0 fully saturated rings. The van der Waals surface area contributed by atoms with Crippen molar-refractivity contribution in [3.8, 4) is 0 Å². The van der Waals surface area contributed by atoms with Crippen LogP contribution in [0.25, 0.3) is 0 Å². The number of ether oxygens (including phenoxy) is 1. The second-order valence-corrected chi connectivity index (χ2v) is 4.90. The van der Waals surface area contributed by atoms with E-state index in [4.69, 9.17) is 9.84 Å². The number of carbonyl (C=O) groups excluding carboxylic acids is 1. The number of aliphatic hydroxyl groups excluding tert-OH is 1. The maximum atomic E-state index is 12.9. The average molecular weight is 298 g/mol. The van der Waals surface area contributed by atoms with Crippen molar-refractivity contribution in [2.24, 2.45) is 0 Å². The van der Waals surface area contributed by atoms with Gasteiger partial charge in [-0.1, -0.05) is 12.1 Å². The molecular formula is C15H23FN2O3. The zero-order chi connectivity index (χ0) is 15.7. The summed E-state index contributed by atoms with van der Waals surface area (Å²) in [5.74, 6) is -0.308. The van der Waals surface area contributed by atoms with Crippen LogP contribution in [0.3, 0.4) is 0 Å². The van der Waals surface area contributed by atoms with Gasteiger partial charge in [-0.25, -0.2) is 9.18 Å². The van der Waals surface area contributed by atoms with Crippen LogP contribution in [0.4, 0.5) is 9.18 Å². The standard InChI is InChI=1S/C15H23FN2O3/c1-11(4-3-9-19)18-15(20)17-10-14(21-2)12-5-7-13(16)8-6-12/h5-8,11,14,19H,3-4,9-10H2,1-2H3,(H2,17,18,20). The van der Waals surface area contributed by atoms with Crippen molar-refractivity contribution in [2.75, 3.05) is 20.3 Å². The van der Waals surface area contributed by atoms with Gasteiger partial charge in [0.25, 0.3) is 0 Å². The molecule has 0 bridgehead atoms. The first-order valence-electron chi connectivity index (χ1n) is 7.00. The molecule has 1 aromatic rings. The summed E-state index contributed by atoms with van der Waals surface area (Å²) in [6, 6.07) is 5.69. The van der Waals surface area contributed by atoms with Crippen LogP contribution in [-0.4, -0.2) is 37.4 Å². The van der Waals surface area contributed by atoms with Crippen molar-refractivity contribution in [3.63, 3.8) is 0 Å². The number of benzene rings is 1. The molecule has 118 valence electrons. The number of hydrogen-bond acceptors (Lipinski definition) is 3. The van der Waals surface area contributed by atoms with E-state index in [1.165, 1.54) is 19.2 Å². The number of halogens is 1. The Morgan fingerprint density at radius 3 is 2.62 bits per heavy atom. The number of aliphatic hydroxyl groups is 1. The van der Waals surface area contributed by atoms with Crippen molar-refractivity contribution >= 4 is 6.03 Å². The quantitative estimate of drug-likeness (QED) is 0.687. The second-order valence-electron chi connectivity index (χ2n) is 4.90. The van der Waals surface area contributed by atoms with Gasteiger partial charge in [0, 0.05) is 26.3 Å². The molecule has 1 aromatic carbocycles. The zero-order valence-electron chi connectivity index (χ0n) is 12.4. The summed E-state index contributed by atoms with van der Waals surface area (Å²) in [7, 11) is 1.54. The Bertz CT molecular complexity index is 425. The molecule has 1 rings (SSSR count). The number of rotatable bonds is 8. The minimum Gasteiger partial charge on any atom is -0.396 e. The second kappa shape index (κ2) is 9.31. The monoisotopic (exact) mass is 298 g/mol. The van der Waals surface area contributed by atoms with E-state index in [0.29, 0.717) is 13.0 Å². The van der Waals surface area contributed by atoms with E-state index in [0.717, 1.165) is 12.0 Å². The van der Waals surface area contributed by atoms with Crippen LogP contribution in [0, 0.1) is 5.82 Å². The van der Waals surface area contributed by atoms with Gasteiger partial charge >= 0.3 is 6.03 Å². The van der Waals surface area contributed by atoms with E-state index in [-0.39, 0.29) is 30.6 Å². The fourth-order valence-corrected chi connectivity index (χ4v) is 1.94. The van der Waals surface area contributed by atoms with Crippen molar-refractivity contribution in [3.05, 3.63) is 35.6 Å². The highest BCUT2D eigenvalue weighted by Crippen LogP contribution is 2.16. The zero-order valence-corrected chi connectivity index (χ0v) is 12.4. The maximum Gasteiger partial charge on any atom is 0.315 e. The largest absolute Gasteiger partial charge is 0.396 e. The lowest BCUT2D eigenvalue weighted by Crippen LogP contribution is -2.42. The van der Waals surface area contributed by atoms with E-state index < -0.39 is 0 Å². The molecule has 0 aromatic heterocycles. The number of nitrogens with one attached hydrogen (secondary N) is 2. The normalized spacial score (nSPS) is 13.5. The number of methoxy groups -OCH3 is 1. The van der Waals surface area contributed by atoms with Gasteiger partial charge in [0.15, 0.2) is 0 Å². The van der Waals surface area contributed by atoms with Gasteiger partial charge in [-0.2, -0.15) is 0 Å². The van der Waals surface area contributed by atoms with Crippen LogP contribution in [0.2, 0.25) is 0 Å². The number of hydrogen-bond donors (Lipinski definition) is 3. The summed E-state index contributed by atoms with van der Waals surface area (Å²) in [4.78, 5) is 11.7. The van der Waals surface area contributed by atoms with Crippen molar-refractivity contribution in [1.29, 1.82) is 0 Å². The van der Waals surface area contributed by atoms with Gasteiger partial charge in [-0.05, 0) is 37.5 Å². The number of urea groups is 1. The highest BCUT2D eigenvalue weighted by Gasteiger charge is 2.13. The van der Waals surface area contributed by atoms with Crippen LogP contribution < -0.4 is 10.6 Å². The molecule has 0 aliphatic rings. The molecule has 0 aliphatic carbocycles. The van der Waals surface area contributed by atoms with Gasteiger partial charge in [0.05, 0.1) is 6.10 Å². The van der Waals surface area contributed by atoms with Crippen LogP contribution >= 0.6 is 0 Å². The molecule has 0 saturated carbocycles. The summed E-state index contributed by atoms with van der Waals surface area (Å²) >= 11 is 0. The van der Waals surface area contributed by atoms with E-state index in [1.54, 1.807) is 12.1 Å².